The molecule has 5 heteroatoms. The third-order valence-electron chi connectivity index (χ3n) is 2.59. The zero-order valence-electron chi connectivity index (χ0n) is 10.2. The number of pyridine rings is 1. The van der Waals surface area contributed by atoms with Crippen molar-refractivity contribution in [3.63, 3.8) is 0 Å². The molecule has 0 radical (unpaired) electrons. The zero-order valence-corrected chi connectivity index (χ0v) is 10.2. The summed E-state index contributed by atoms with van der Waals surface area (Å²) in [5.41, 5.74) is 0. The van der Waals surface area contributed by atoms with Crippen molar-refractivity contribution in [1.29, 1.82) is 0 Å². The van der Waals surface area contributed by atoms with Gasteiger partial charge in [0.2, 0.25) is 5.88 Å². The van der Waals surface area contributed by atoms with E-state index < -0.39 is 0 Å². The number of ether oxygens (including phenoxy) is 3. The van der Waals surface area contributed by atoms with Crippen molar-refractivity contribution in [1.82, 2.24) is 10.3 Å². The third-order valence-corrected chi connectivity index (χ3v) is 2.59. The molecule has 0 spiro atoms. The second-order valence-electron chi connectivity index (χ2n) is 4.07. The van der Waals surface area contributed by atoms with Crippen LogP contribution in [-0.4, -0.2) is 44.0 Å². The van der Waals surface area contributed by atoms with Crippen LogP contribution in [0.15, 0.2) is 18.3 Å². The molecular weight excluding hydrogens is 220 g/mol. The highest BCUT2D eigenvalue weighted by Crippen LogP contribution is 2.13. The Morgan fingerprint density at radius 3 is 3.00 bits per heavy atom. The van der Waals surface area contributed by atoms with Gasteiger partial charge in [0.05, 0.1) is 19.4 Å². The van der Waals surface area contributed by atoms with Gasteiger partial charge in [0, 0.05) is 19.2 Å². The highest BCUT2D eigenvalue weighted by molar-refractivity contribution is 5.22. The van der Waals surface area contributed by atoms with Gasteiger partial charge < -0.3 is 19.5 Å². The molecule has 94 valence electrons. The Bertz CT molecular complexity index is 342. The third kappa shape index (κ3) is 3.57. The molecule has 0 bridgehead atoms. The lowest BCUT2D eigenvalue weighted by atomic mass is 10.2. The van der Waals surface area contributed by atoms with Crippen LogP contribution in [0.5, 0.6) is 11.6 Å². The van der Waals surface area contributed by atoms with Gasteiger partial charge in [-0.2, -0.15) is 0 Å². The van der Waals surface area contributed by atoms with E-state index in [4.69, 9.17) is 14.2 Å². The van der Waals surface area contributed by atoms with Gasteiger partial charge in [-0.3, -0.25) is 0 Å². The highest BCUT2D eigenvalue weighted by atomic mass is 16.5. The Kier molecular flexibility index (Phi) is 4.17. The fourth-order valence-electron chi connectivity index (χ4n) is 1.72. The minimum Gasteiger partial charge on any atom is -0.495 e. The van der Waals surface area contributed by atoms with Gasteiger partial charge in [-0.1, -0.05) is 0 Å². The van der Waals surface area contributed by atoms with Crippen LogP contribution in [0.4, 0.5) is 0 Å². The molecule has 1 aliphatic heterocycles. The smallest absolute Gasteiger partial charge is 0.213 e. The van der Waals surface area contributed by atoms with Crippen LogP contribution < -0.4 is 14.8 Å². The van der Waals surface area contributed by atoms with Crippen LogP contribution in [0, 0.1) is 0 Å². The number of hydrogen-bond acceptors (Lipinski definition) is 5. The molecule has 1 saturated heterocycles. The van der Waals surface area contributed by atoms with Gasteiger partial charge in [-0.25, -0.2) is 4.98 Å². The lowest BCUT2D eigenvalue weighted by Gasteiger charge is -2.28. The maximum absolute atomic E-state index is 5.71. The van der Waals surface area contributed by atoms with Crippen LogP contribution in [0.3, 0.4) is 0 Å². The molecule has 1 N–H and O–H groups in total. The molecule has 0 aliphatic carbocycles. The van der Waals surface area contributed by atoms with Gasteiger partial charge in [0.25, 0.3) is 0 Å². The first kappa shape index (κ1) is 12.1. The summed E-state index contributed by atoms with van der Waals surface area (Å²) >= 11 is 0. The van der Waals surface area contributed by atoms with Crippen molar-refractivity contribution in [2.45, 2.75) is 19.1 Å². The maximum Gasteiger partial charge on any atom is 0.213 e. The number of hydrogen-bond donors (Lipinski definition) is 1. The summed E-state index contributed by atoms with van der Waals surface area (Å²) in [5, 5.41) is 3.29. The van der Waals surface area contributed by atoms with Crippen molar-refractivity contribution in [3.8, 4) is 11.6 Å². The molecule has 5 nitrogen and oxygen atoms in total. The number of methoxy groups -OCH3 is 1. The molecular formula is C12H18N2O3. The van der Waals surface area contributed by atoms with E-state index in [-0.39, 0.29) is 12.2 Å². The molecule has 1 aromatic heterocycles. The largest absolute Gasteiger partial charge is 0.495 e. The van der Waals surface area contributed by atoms with Crippen LogP contribution in [0.1, 0.15) is 6.92 Å². The molecule has 1 aliphatic rings. The first-order chi connectivity index (χ1) is 8.28. The maximum atomic E-state index is 5.71. The molecule has 2 heterocycles. The molecule has 0 aromatic carbocycles. The number of nitrogens with one attached hydrogen (secondary N) is 1. The second kappa shape index (κ2) is 5.84. The van der Waals surface area contributed by atoms with E-state index in [0.717, 1.165) is 18.8 Å². The summed E-state index contributed by atoms with van der Waals surface area (Å²) in [4.78, 5) is 4.13. The molecule has 2 rings (SSSR count). The lowest BCUT2D eigenvalue weighted by molar-refractivity contribution is -0.0476. The summed E-state index contributed by atoms with van der Waals surface area (Å²) in [5.74, 6) is 1.31. The van der Waals surface area contributed by atoms with Gasteiger partial charge in [0.1, 0.15) is 18.5 Å². The Hall–Kier alpha value is -1.33. The summed E-state index contributed by atoms with van der Waals surface area (Å²) < 4.78 is 16.3. The van der Waals surface area contributed by atoms with E-state index in [9.17, 15) is 0 Å². The molecule has 0 amide bonds. The van der Waals surface area contributed by atoms with Crippen LogP contribution in [0.2, 0.25) is 0 Å². The Balaban J connectivity index is 1.80. The normalized spacial score (nSPS) is 24.4. The second-order valence-corrected chi connectivity index (χ2v) is 4.07. The van der Waals surface area contributed by atoms with Crippen molar-refractivity contribution in [3.05, 3.63) is 18.3 Å². The Morgan fingerprint density at radius 2 is 2.35 bits per heavy atom. The van der Waals surface area contributed by atoms with E-state index in [1.165, 1.54) is 0 Å². The van der Waals surface area contributed by atoms with Crippen molar-refractivity contribution in [2.24, 2.45) is 0 Å². The summed E-state index contributed by atoms with van der Waals surface area (Å²) in [6, 6.07) is 3.61. The molecule has 17 heavy (non-hydrogen) atoms. The minimum atomic E-state index is 0.0858. The van der Waals surface area contributed by atoms with Crippen molar-refractivity contribution in [2.75, 3.05) is 26.8 Å². The number of rotatable bonds is 4. The lowest BCUT2D eigenvalue weighted by Crippen LogP contribution is -2.45. The monoisotopic (exact) mass is 238 g/mol. The van der Waals surface area contributed by atoms with E-state index in [0.29, 0.717) is 12.5 Å². The zero-order chi connectivity index (χ0) is 12.1. The quantitative estimate of drug-likeness (QED) is 0.842. The summed E-state index contributed by atoms with van der Waals surface area (Å²) in [7, 11) is 1.61. The minimum absolute atomic E-state index is 0.0858. The van der Waals surface area contributed by atoms with E-state index in [1.807, 2.05) is 13.0 Å². The average molecular weight is 238 g/mol. The molecule has 2 unspecified atom stereocenters. The predicted octanol–water partition coefficient (Wildman–Crippen LogP) is 0.846. The first-order valence-corrected chi connectivity index (χ1v) is 5.77. The standard InChI is InChI=1S/C12H18N2O3/c1-9-5-13-6-11(17-9)8-16-12-4-3-10(15-2)7-14-12/h3-4,7,9,11,13H,5-6,8H2,1-2H3. The fourth-order valence-corrected chi connectivity index (χ4v) is 1.72. The molecule has 0 saturated carbocycles. The van der Waals surface area contributed by atoms with Crippen LogP contribution >= 0.6 is 0 Å². The summed E-state index contributed by atoms with van der Waals surface area (Å²) in [6.07, 6.45) is 1.96. The van der Waals surface area contributed by atoms with Crippen LogP contribution in [-0.2, 0) is 4.74 Å². The number of aromatic nitrogens is 1. The Labute approximate surface area is 101 Å². The van der Waals surface area contributed by atoms with Gasteiger partial charge >= 0.3 is 0 Å². The molecule has 1 aromatic rings. The van der Waals surface area contributed by atoms with E-state index in [1.54, 1.807) is 19.4 Å². The van der Waals surface area contributed by atoms with Crippen LogP contribution in [0.25, 0.3) is 0 Å². The topological polar surface area (TPSA) is 52.6 Å². The van der Waals surface area contributed by atoms with Gasteiger partial charge in [-0.05, 0) is 13.0 Å². The predicted molar refractivity (Wildman–Crippen MR) is 63.5 cm³/mol. The SMILES string of the molecule is COc1ccc(OCC2CNCC(C)O2)nc1. The highest BCUT2D eigenvalue weighted by Gasteiger charge is 2.19. The Morgan fingerprint density at radius 1 is 1.47 bits per heavy atom. The number of morpholine rings is 1. The van der Waals surface area contributed by atoms with Crippen molar-refractivity contribution < 1.29 is 14.2 Å². The number of nitrogens with zero attached hydrogens (tertiary/aromatic N) is 1. The van der Waals surface area contributed by atoms with Gasteiger partial charge in [-0.15, -0.1) is 0 Å². The fraction of sp³-hybridized carbons (Fsp3) is 0.583. The van der Waals surface area contributed by atoms with E-state index in [2.05, 4.69) is 10.3 Å². The van der Waals surface area contributed by atoms with Crippen molar-refractivity contribution >= 4 is 0 Å². The molecule has 2 atom stereocenters. The first-order valence-electron chi connectivity index (χ1n) is 5.77. The van der Waals surface area contributed by atoms with Gasteiger partial charge in [0.15, 0.2) is 0 Å². The average Bonchev–Trinajstić information content (AvgIpc) is 2.37. The molecule has 1 fully saturated rings. The van der Waals surface area contributed by atoms with E-state index >= 15 is 0 Å². The summed E-state index contributed by atoms with van der Waals surface area (Å²) in [6.45, 7) is 4.28.